The Morgan fingerprint density at radius 2 is 1.97 bits per heavy atom. The molecule has 0 saturated heterocycles. The number of ether oxygens (including phenoxy) is 2. The minimum absolute atomic E-state index is 0.0562. The molecule has 1 N–H and O–H groups in total. The van der Waals surface area contributed by atoms with Crippen LogP contribution < -0.4 is 10.1 Å². The number of carbonyl (C=O) groups is 2. The first-order valence-electron chi connectivity index (χ1n) is 8.67. The average Bonchev–Trinajstić information content (AvgIpc) is 3.15. The summed E-state index contributed by atoms with van der Waals surface area (Å²) in [6, 6.07) is 13.2. The molecular formula is C20H18N2O6S. The van der Waals surface area contributed by atoms with E-state index in [-0.39, 0.29) is 17.1 Å². The van der Waals surface area contributed by atoms with E-state index in [4.69, 9.17) is 9.47 Å². The molecule has 2 aromatic carbocycles. The van der Waals surface area contributed by atoms with E-state index in [2.05, 4.69) is 5.32 Å². The van der Waals surface area contributed by atoms with Gasteiger partial charge in [-0.15, -0.1) is 11.3 Å². The zero-order chi connectivity index (χ0) is 21.0. The van der Waals surface area contributed by atoms with Gasteiger partial charge in [0.25, 0.3) is 11.6 Å². The van der Waals surface area contributed by atoms with Crippen molar-refractivity contribution in [3.63, 3.8) is 0 Å². The van der Waals surface area contributed by atoms with Crippen LogP contribution >= 0.6 is 11.3 Å². The number of hydrogen-bond acceptors (Lipinski definition) is 7. The van der Waals surface area contributed by atoms with Gasteiger partial charge in [-0.05, 0) is 25.1 Å². The number of benzene rings is 2. The molecule has 0 aliphatic rings. The summed E-state index contributed by atoms with van der Waals surface area (Å²) in [6.07, 6.45) is -1.00. The van der Waals surface area contributed by atoms with Gasteiger partial charge in [0.2, 0.25) is 0 Å². The van der Waals surface area contributed by atoms with Gasteiger partial charge in [0.15, 0.2) is 6.10 Å². The largest absolute Gasteiger partial charge is 0.496 e. The molecule has 0 spiro atoms. The van der Waals surface area contributed by atoms with Gasteiger partial charge >= 0.3 is 5.97 Å². The monoisotopic (exact) mass is 414 g/mol. The maximum atomic E-state index is 12.4. The lowest BCUT2D eigenvalue weighted by atomic mass is 10.2. The van der Waals surface area contributed by atoms with Crippen molar-refractivity contribution in [3.05, 3.63) is 69.1 Å². The van der Waals surface area contributed by atoms with Crippen molar-refractivity contribution in [2.45, 2.75) is 19.6 Å². The summed E-state index contributed by atoms with van der Waals surface area (Å²) >= 11 is 1.15. The Labute approximate surface area is 170 Å². The fourth-order valence-electron chi connectivity index (χ4n) is 2.69. The quantitative estimate of drug-likeness (QED) is 0.359. The first-order valence-corrected chi connectivity index (χ1v) is 9.49. The van der Waals surface area contributed by atoms with Crippen molar-refractivity contribution < 1.29 is 24.0 Å². The Hall–Kier alpha value is -3.46. The van der Waals surface area contributed by atoms with Crippen molar-refractivity contribution in [2.75, 3.05) is 7.11 Å². The van der Waals surface area contributed by atoms with Gasteiger partial charge in [0.05, 0.1) is 12.0 Å². The second kappa shape index (κ2) is 8.70. The minimum atomic E-state index is -1.00. The van der Waals surface area contributed by atoms with E-state index in [9.17, 15) is 19.7 Å². The Bertz CT molecular complexity index is 1080. The van der Waals surface area contributed by atoms with E-state index >= 15 is 0 Å². The van der Waals surface area contributed by atoms with Gasteiger partial charge in [-0.2, -0.15) is 0 Å². The van der Waals surface area contributed by atoms with Crippen LogP contribution in [0.3, 0.4) is 0 Å². The van der Waals surface area contributed by atoms with Crippen LogP contribution in [0, 0.1) is 10.1 Å². The molecule has 9 heteroatoms. The average molecular weight is 414 g/mol. The topological polar surface area (TPSA) is 108 Å². The Balaban J connectivity index is 1.63. The number of hydrogen-bond donors (Lipinski definition) is 1. The van der Waals surface area contributed by atoms with Crippen molar-refractivity contribution >= 4 is 39.0 Å². The Morgan fingerprint density at radius 3 is 2.69 bits per heavy atom. The molecule has 150 valence electrons. The standard InChI is InChI=1S/C20H18N2O6S/c1-12(19(23)21-11-13-5-3-4-6-16(13)27-2)28-20(24)18-10-14-9-15(22(25)26)7-8-17(14)29-18/h3-10,12H,11H2,1-2H3,(H,21,23)/t12-/m0/s1. The highest BCUT2D eigenvalue weighted by atomic mass is 32.1. The zero-order valence-corrected chi connectivity index (χ0v) is 16.5. The third-order valence-electron chi connectivity index (χ3n) is 4.21. The fraction of sp³-hybridized carbons (Fsp3) is 0.200. The molecule has 0 aliphatic heterocycles. The first kappa shape index (κ1) is 20.3. The summed E-state index contributed by atoms with van der Waals surface area (Å²) in [5, 5.41) is 14.2. The van der Waals surface area contributed by atoms with Crippen LogP contribution in [0.25, 0.3) is 10.1 Å². The number of amides is 1. The van der Waals surface area contributed by atoms with E-state index in [0.717, 1.165) is 21.6 Å². The highest BCUT2D eigenvalue weighted by molar-refractivity contribution is 7.20. The molecule has 3 rings (SSSR count). The summed E-state index contributed by atoms with van der Waals surface area (Å²) in [5.41, 5.74) is 0.743. The molecule has 0 unspecified atom stereocenters. The lowest BCUT2D eigenvalue weighted by Crippen LogP contribution is -2.35. The summed E-state index contributed by atoms with van der Waals surface area (Å²) < 4.78 is 11.2. The number of nitro groups is 1. The number of nitrogens with zero attached hydrogens (tertiary/aromatic N) is 1. The molecule has 1 atom stereocenters. The number of rotatable bonds is 7. The number of non-ortho nitro benzene ring substituents is 1. The van der Waals surface area contributed by atoms with Crippen LogP contribution in [0.15, 0.2) is 48.5 Å². The molecule has 0 fully saturated rings. The highest BCUT2D eigenvalue weighted by Gasteiger charge is 2.21. The number of esters is 1. The third-order valence-corrected chi connectivity index (χ3v) is 5.31. The van der Waals surface area contributed by atoms with Crippen LogP contribution in [-0.2, 0) is 16.1 Å². The van der Waals surface area contributed by atoms with Gasteiger partial charge in [-0.1, -0.05) is 18.2 Å². The van der Waals surface area contributed by atoms with Gasteiger partial charge in [-0.25, -0.2) is 4.79 Å². The summed E-state index contributed by atoms with van der Waals surface area (Å²) in [7, 11) is 1.55. The van der Waals surface area contributed by atoms with Crippen molar-refractivity contribution in [1.82, 2.24) is 5.32 Å². The summed E-state index contributed by atoms with van der Waals surface area (Å²) in [4.78, 5) is 35.3. The highest BCUT2D eigenvalue weighted by Crippen LogP contribution is 2.29. The third kappa shape index (κ3) is 4.69. The number of para-hydroxylation sites is 1. The van der Waals surface area contributed by atoms with Gasteiger partial charge in [0, 0.05) is 34.3 Å². The van der Waals surface area contributed by atoms with Crippen molar-refractivity contribution in [3.8, 4) is 5.75 Å². The zero-order valence-electron chi connectivity index (χ0n) is 15.7. The Kier molecular flexibility index (Phi) is 6.08. The first-order chi connectivity index (χ1) is 13.9. The number of nitrogens with one attached hydrogen (secondary N) is 1. The second-order valence-electron chi connectivity index (χ2n) is 6.17. The lowest BCUT2D eigenvalue weighted by Gasteiger charge is -2.14. The number of nitro benzene ring substituents is 1. The van der Waals surface area contributed by atoms with Crippen LogP contribution in [0.1, 0.15) is 22.2 Å². The predicted octanol–water partition coefficient (Wildman–Crippen LogP) is 3.68. The molecule has 1 aromatic heterocycles. The van der Waals surface area contributed by atoms with Crippen LogP contribution in [0.2, 0.25) is 0 Å². The molecule has 29 heavy (non-hydrogen) atoms. The molecule has 0 radical (unpaired) electrons. The van der Waals surface area contributed by atoms with E-state index in [1.807, 2.05) is 18.2 Å². The SMILES string of the molecule is COc1ccccc1CNC(=O)[C@H](C)OC(=O)c1cc2cc([N+](=O)[O-])ccc2s1. The van der Waals surface area contributed by atoms with Gasteiger partial charge < -0.3 is 14.8 Å². The molecule has 8 nitrogen and oxygen atoms in total. The van der Waals surface area contributed by atoms with Crippen LogP contribution in [0.5, 0.6) is 5.75 Å². The van der Waals surface area contributed by atoms with Gasteiger partial charge in [0.1, 0.15) is 10.6 Å². The van der Waals surface area contributed by atoms with Crippen molar-refractivity contribution in [2.24, 2.45) is 0 Å². The smallest absolute Gasteiger partial charge is 0.349 e. The number of fused-ring (bicyclic) bond motifs is 1. The molecule has 0 bridgehead atoms. The second-order valence-corrected chi connectivity index (χ2v) is 7.25. The normalized spacial score (nSPS) is 11.7. The fourth-order valence-corrected chi connectivity index (χ4v) is 3.62. The molecule has 3 aromatic rings. The van der Waals surface area contributed by atoms with E-state index in [0.29, 0.717) is 11.1 Å². The van der Waals surface area contributed by atoms with Crippen LogP contribution in [-0.4, -0.2) is 30.0 Å². The molecule has 1 amide bonds. The van der Waals surface area contributed by atoms with Crippen molar-refractivity contribution in [1.29, 1.82) is 0 Å². The van der Waals surface area contributed by atoms with Gasteiger partial charge in [-0.3, -0.25) is 14.9 Å². The molecule has 1 heterocycles. The van der Waals surface area contributed by atoms with E-state index in [1.165, 1.54) is 25.1 Å². The summed E-state index contributed by atoms with van der Waals surface area (Å²) in [5.74, 6) is -0.452. The molecule has 0 saturated carbocycles. The Morgan fingerprint density at radius 1 is 1.21 bits per heavy atom. The maximum Gasteiger partial charge on any atom is 0.349 e. The maximum absolute atomic E-state index is 12.4. The predicted molar refractivity (Wildman–Crippen MR) is 108 cm³/mol. The van der Waals surface area contributed by atoms with E-state index < -0.39 is 22.9 Å². The molecular weight excluding hydrogens is 396 g/mol. The number of thiophene rings is 1. The number of methoxy groups -OCH3 is 1. The lowest BCUT2D eigenvalue weighted by molar-refractivity contribution is -0.384. The van der Waals surface area contributed by atoms with Crippen LogP contribution in [0.4, 0.5) is 5.69 Å². The number of carbonyl (C=O) groups excluding carboxylic acids is 2. The molecule has 0 aliphatic carbocycles. The summed E-state index contributed by atoms with van der Waals surface area (Å²) in [6.45, 7) is 1.71. The van der Waals surface area contributed by atoms with E-state index in [1.54, 1.807) is 19.2 Å². The minimum Gasteiger partial charge on any atom is -0.496 e.